The molecule has 2 unspecified atom stereocenters. The van der Waals surface area contributed by atoms with E-state index in [2.05, 4.69) is 10.3 Å². The van der Waals surface area contributed by atoms with E-state index in [0.29, 0.717) is 24.1 Å². The van der Waals surface area contributed by atoms with Crippen molar-refractivity contribution >= 4 is 22.8 Å². The van der Waals surface area contributed by atoms with Gasteiger partial charge in [0.15, 0.2) is 11.1 Å². The van der Waals surface area contributed by atoms with Gasteiger partial charge in [0.2, 0.25) is 0 Å². The summed E-state index contributed by atoms with van der Waals surface area (Å²) in [6.45, 7) is 3.49. The topological polar surface area (TPSA) is 90.4 Å². The number of oxazole rings is 1. The van der Waals surface area contributed by atoms with Crippen LogP contribution in [0.15, 0.2) is 22.6 Å². The number of nitrogens with one attached hydrogen (secondary N) is 1. The number of hydrogen-bond acceptors (Lipinski definition) is 6. The normalized spacial score (nSPS) is 22.2. The Morgan fingerprint density at radius 3 is 3.10 bits per heavy atom. The summed E-state index contributed by atoms with van der Waals surface area (Å²) in [4.78, 5) is 14.6. The zero-order valence-corrected chi connectivity index (χ0v) is 11.0. The molecule has 106 valence electrons. The molecule has 0 amide bonds. The maximum Gasteiger partial charge on any atom is 0.298 e. The highest BCUT2D eigenvalue weighted by Crippen LogP contribution is 2.28. The number of rotatable bonds is 4. The van der Waals surface area contributed by atoms with Crippen LogP contribution in [0.3, 0.4) is 0 Å². The van der Waals surface area contributed by atoms with Gasteiger partial charge in [-0.15, -0.1) is 0 Å². The van der Waals surface area contributed by atoms with E-state index in [1.807, 2.05) is 6.92 Å². The highest BCUT2D eigenvalue weighted by molar-refractivity contribution is 5.83. The maximum absolute atomic E-state index is 10.9. The summed E-state index contributed by atoms with van der Waals surface area (Å²) >= 11 is 0. The maximum atomic E-state index is 10.9. The van der Waals surface area contributed by atoms with Gasteiger partial charge in [-0.1, -0.05) is 6.07 Å². The second kappa shape index (κ2) is 5.09. The molecular formula is C13H15N3O4. The Labute approximate surface area is 115 Å². The number of hydrogen-bond donors (Lipinski definition) is 1. The van der Waals surface area contributed by atoms with Crippen LogP contribution < -0.4 is 5.32 Å². The second-order valence-corrected chi connectivity index (χ2v) is 4.91. The first-order chi connectivity index (χ1) is 9.65. The van der Waals surface area contributed by atoms with Crippen LogP contribution in [0, 0.1) is 16.0 Å². The Morgan fingerprint density at radius 2 is 2.40 bits per heavy atom. The summed E-state index contributed by atoms with van der Waals surface area (Å²) in [5.74, 6) is 0.403. The van der Waals surface area contributed by atoms with Crippen LogP contribution in [0.2, 0.25) is 0 Å². The number of anilines is 1. The van der Waals surface area contributed by atoms with Gasteiger partial charge < -0.3 is 14.5 Å². The summed E-state index contributed by atoms with van der Waals surface area (Å²) in [6, 6.07) is 4.99. The molecule has 1 saturated heterocycles. The van der Waals surface area contributed by atoms with Crippen molar-refractivity contribution in [2.24, 2.45) is 5.92 Å². The molecule has 1 aliphatic rings. The van der Waals surface area contributed by atoms with Gasteiger partial charge in [-0.25, -0.2) is 0 Å². The van der Waals surface area contributed by atoms with E-state index in [9.17, 15) is 10.1 Å². The number of nitro benzene ring substituents is 1. The van der Waals surface area contributed by atoms with Crippen molar-refractivity contribution in [1.82, 2.24) is 4.98 Å². The lowest BCUT2D eigenvalue weighted by Crippen LogP contribution is -2.20. The number of benzene rings is 1. The minimum Gasteiger partial charge on any atom is -0.423 e. The van der Waals surface area contributed by atoms with Crippen molar-refractivity contribution < 1.29 is 14.1 Å². The number of non-ortho nitro benzene ring substituents is 1. The lowest BCUT2D eigenvalue weighted by molar-refractivity contribution is -0.383. The van der Waals surface area contributed by atoms with Gasteiger partial charge in [-0.3, -0.25) is 10.1 Å². The first kappa shape index (κ1) is 12.9. The zero-order valence-electron chi connectivity index (χ0n) is 11.0. The average molecular weight is 277 g/mol. The van der Waals surface area contributed by atoms with Crippen LogP contribution in [-0.2, 0) is 4.74 Å². The van der Waals surface area contributed by atoms with Gasteiger partial charge in [0.25, 0.3) is 11.7 Å². The molecule has 2 atom stereocenters. The van der Waals surface area contributed by atoms with E-state index in [0.717, 1.165) is 13.0 Å². The van der Waals surface area contributed by atoms with E-state index >= 15 is 0 Å². The Bertz CT molecular complexity index is 640. The van der Waals surface area contributed by atoms with Gasteiger partial charge in [-0.2, -0.15) is 4.98 Å². The monoisotopic (exact) mass is 277 g/mol. The summed E-state index contributed by atoms with van der Waals surface area (Å²) in [6.07, 6.45) is 1.20. The minimum atomic E-state index is -0.457. The molecule has 0 aliphatic carbocycles. The van der Waals surface area contributed by atoms with Gasteiger partial charge in [0, 0.05) is 25.1 Å². The van der Waals surface area contributed by atoms with Gasteiger partial charge >= 0.3 is 0 Å². The SMILES string of the molecule is CC1OCCC1CNc1nc2c([N+](=O)[O-])cccc2o1. The molecule has 0 bridgehead atoms. The smallest absolute Gasteiger partial charge is 0.298 e. The molecule has 0 saturated carbocycles. The fourth-order valence-electron chi connectivity index (χ4n) is 2.42. The van der Waals surface area contributed by atoms with Crippen LogP contribution in [-0.4, -0.2) is 29.2 Å². The summed E-state index contributed by atoms with van der Waals surface area (Å²) < 4.78 is 11.0. The average Bonchev–Trinajstić information content (AvgIpc) is 3.01. The van der Waals surface area contributed by atoms with Crippen LogP contribution >= 0.6 is 0 Å². The van der Waals surface area contributed by atoms with Gasteiger partial charge in [0.1, 0.15) is 0 Å². The third-order valence-electron chi connectivity index (χ3n) is 3.64. The molecule has 1 aromatic heterocycles. The molecule has 1 aromatic carbocycles. The Balaban J connectivity index is 1.79. The summed E-state index contributed by atoms with van der Waals surface area (Å²) in [5.41, 5.74) is 0.644. The van der Waals surface area contributed by atoms with Crippen LogP contribution in [0.5, 0.6) is 0 Å². The fraction of sp³-hybridized carbons (Fsp3) is 0.462. The number of ether oxygens (including phenoxy) is 1. The van der Waals surface area contributed by atoms with E-state index in [1.165, 1.54) is 6.07 Å². The molecule has 0 radical (unpaired) electrons. The lowest BCUT2D eigenvalue weighted by atomic mass is 10.0. The van der Waals surface area contributed by atoms with E-state index in [1.54, 1.807) is 12.1 Å². The standard InChI is InChI=1S/C13H15N3O4/c1-8-9(5-6-19-8)7-14-13-15-12-10(16(17)18)3-2-4-11(12)20-13/h2-4,8-9H,5-7H2,1H3,(H,14,15). The Kier molecular flexibility index (Phi) is 3.27. The third kappa shape index (κ3) is 2.32. The highest BCUT2D eigenvalue weighted by Gasteiger charge is 2.24. The van der Waals surface area contributed by atoms with Crippen molar-refractivity contribution in [3.05, 3.63) is 28.3 Å². The van der Waals surface area contributed by atoms with Crippen LogP contribution in [0.1, 0.15) is 13.3 Å². The Hall–Kier alpha value is -2.15. The van der Waals surface area contributed by atoms with Crippen molar-refractivity contribution in [3.8, 4) is 0 Å². The lowest BCUT2D eigenvalue weighted by Gasteiger charge is -2.13. The Morgan fingerprint density at radius 1 is 1.55 bits per heavy atom. The molecule has 7 nitrogen and oxygen atoms in total. The van der Waals surface area contributed by atoms with Crippen molar-refractivity contribution in [2.75, 3.05) is 18.5 Å². The number of aromatic nitrogens is 1. The zero-order chi connectivity index (χ0) is 14.1. The summed E-state index contributed by atoms with van der Waals surface area (Å²) in [7, 11) is 0. The molecule has 1 aliphatic heterocycles. The van der Waals surface area contributed by atoms with Gasteiger partial charge in [0.05, 0.1) is 11.0 Å². The van der Waals surface area contributed by atoms with Gasteiger partial charge in [-0.05, 0) is 19.4 Å². The third-order valence-corrected chi connectivity index (χ3v) is 3.64. The highest BCUT2D eigenvalue weighted by atomic mass is 16.6. The van der Waals surface area contributed by atoms with Crippen LogP contribution in [0.25, 0.3) is 11.1 Å². The van der Waals surface area contributed by atoms with Crippen LogP contribution in [0.4, 0.5) is 11.7 Å². The molecule has 7 heteroatoms. The largest absolute Gasteiger partial charge is 0.423 e. The van der Waals surface area contributed by atoms with Crippen molar-refractivity contribution in [2.45, 2.75) is 19.4 Å². The molecule has 1 fully saturated rings. The fourth-order valence-corrected chi connectivity index (χ4v) is 2.42. The van der Waals surface area contributed by atoms with E-state index in [4.69, 9.17) is 9.15 Å². The molecule has 0 spiro atoms. The van der Waals surface area contributed by atoms with Crippen molar-refractivity contribution in [3.63, 3.8) is 0 Å². The number of nitrogens with zero attached hydrogens (tertiary/aromatic N) is 2. The second-order valence-electron chi connectivity index (χ2n) is 4.91. The predicted octanol–water partition coefficient (Wildman–Crippen LogP) is 2.57. The van der Waals surface area contributed by atoms with E-state index in [-0.39, 0.29) is 17.3 Å². The molecule has 1 N–H and O–H groups in total. The number of nitro groups is 1. The molecule has 2 heterocycles. The first-order valence-electron chi connectivity index (χ1n) is 6.54. The number of fused-ring (bicyclic) bond motifs is 1. The molecule has 3 rings (SSSR count). The predicted molar refractivity (Wildman–Crippen MR) is 72.7 cm³/mol. The van der Waals surface area contributed by atoms with E-state index < -0.39 is 4.92 Å². The number of para-hydroxylation sites is 1. The minimum absolute atomic E-state index is 0.0446. The first-order valence-corrected chi connectivity index (χ1v) is 6.54. The quantitative estimate of drug-likeness (QED) is 0.682. The molecular weight excluding hydrogens is 262 g/mol. The summed E-state index contributed by atoms with van der Waals surface area (Å²) in [5, 5.41) is 14.0. The molecule has 2 aromatic rings. The molecule has 20 heavy (non-hydrogen) atoms. The van der Waals surface area contributed by atoms with Crippen molar-refractivity contribution in [1.29, 1.82) is 0 Å².